The number of nitrogens with one attached hydrogen (secondary N) is 2. The summed E-state index contributed by atoms with van der Waals surface area (Å²) in [7, 11) is 0. The van der Waals surface area contributed by atoms with Crippen molar-refractivity contribution in [1.82, 2.24) is 10.6 Å². The summed E-state index contributed by atoms with van der Waals surface area (Å²) in [4.78, 5) is 11.8. The molecule has 0 spiro atoms. The number of rotatable bonds is 10. The van der Waals surface area contributed by atoms with Crippen LogP contribution in [-0.2, 0) is 9.53 Å². The van der Waals surface area contributed by atoms with Crippen LogP contribution in [0.2, 0.25) is 0 Å². The Morgan fingerprint density at radius 1 is 1.22 bits per heavy atom. The molecule has 0 bridgehead atoms. The number of hydrogen-bond acceptors (Lipinski definition) is 3. The molecule has 4 nitrogen and oxygen atoms in total. The van der Waals surface area contributed by atoms with Crippen LogP contribution in [0.1, 0.15) is 47.5 Å². The highest BCUT2D eigenvalue weighted by Gasteiger charge is 2.19. The van der Waals surface area contributed by atoms with Gasteiger partial charge in [0.15, 0.2) is 0 Å². The van der Waals surface area contributed by atoms with E-state index in [0.717, 1.165) is 19.4 Å². The highest BCUT2D eigenvalue weighted by molar-refractivity contribution is 5.81. The first-order chi connectivity index (χ1) is 8.52. The van der Waals surface area contributed by atoms with Crippen molar-refractivity contribution < 1.29 is 9.53 Å². The Morgan fingerprint density at radius 2 is 1.89 bits per heavy atom. The molecule has 0 aromatic rings. The largest absolute Gasteiger partial charge is 0.380 e. The maximum absolute atomic E-state index is 11.8. The minimum absolute atomic E-state index is 0.0746. The maximum atomic E-state index is 11.8. The van der Waals surface area contributed by atoms with Gasteiger partial charge in [-0.1, -0.05) is 27.2 Å². The van der Waals surface area contributed by atoms with Crippen LogP contribution in [-0.4, -0.2) is 37.7 Å². The molecule has 2 N–H and O–H groups in total. The van der Waals surface area contributed by atoms with Gasteiger partial charge < -0.3 is 15.4 Å². The minimum Gasteiger partial charge on any atom is -0.380 e. The third-order valence-electron chi connectivity index (χ3n) is 2.99. The molecule has 0 aromatic carbocycles. The fourth-order valence-corrected chi connectivity index (χ4v) is 1.62. The van der Waals surface area contributed by atoms with Crippen molar-refractivity contribution in [3.8, 4) is 0 Å². The molecular formula is C14H30N2O2. The maximum Gasteiger partial charge on any atom is 0.236 e. The highest BCUT2D eigenvalue weighted by atomic mass is 16.5. The third-order valence-corrected chi connectivity index (χ3v) is 2.99. The van der Waals surface area contributed by atoms with Gasteiger partial charge in [-0.3, -0.25) is 4.79 Å². The zero-order valence-corrected chi connectivity index (χ0v) is 12.6. The van der Waals surface area contributed by atoms with E-state index in [0.29, 0.717) is 19.1 Å². The van der Waals surface area contributed by atoms with Gasteiger partial charge in [-0.25, -0.2) is 0 Å². The molecule has 1 amide bonds. The van der Waals surface area contributed by atoms with Gasteiger partial charge in [0.25, 0.3) is 0 Å². The Morgan fingerprint density at radius 3 is 2.39 bits per heavy atom. The van der Waals surface area contributed by atoms with Crippen molar-refractivity contribution in [3.63, 3.8) is 0 Å². The van der Waals surface area contributed by atoms with Crippen LogP contribution >= 0.6 is 0 Å². The SMILES string of the molecule is CCCCNC(=O)C(C)NC(COCC)C(C)C. The van der Waals surface area contributed by atoms with Gasteiger partial charge in [0, 0.05) is 19.2 Å². The lowest BCUT2D eigenvalue weighted by Gasteiger charge is -2.25. The number of carbonyl (C=O) groups excluding carboxylic acids is 1. The Kier molecular flexibility index (Phi) is 9.98. The van der Waals surface area contributed by atoms with E-state index in [4.69, 9.17) is 4.74 Å². The molecule has 0 aliphatic heterocycles. The summed E-state index contributed by atoms with van der Waals surface area (Å²) >= 11 is 0. The molecule has 0 aliphatic rings. The first kappa shape index (κ1) is 17.4. The smallest absolute Gasteiger partial charge is 0.236 e. The second-order valence-corrected chi connectivity index (χ2v) is 5.04. The molecule has 0 aliphatic carbocycles. The molecule has 0 saturated heterocycles. The van der Waals surface area contributed by atoms with E-state index in [9.17, 15) is 4.79 Å². The summed E-state index contributed by atoms with van der Waals surface area (Å²) in [6.07, 6.45) is 2.13. The number of ether oxygens (including phenoxy) is 1. The van der Waals surface area contributed by atoms with Gasteiger partial charge in [-0.15, -0.1) is 0 Å². The monoisotopic (exact) mass is 258 g/mol. The third kappa shape index (κ3) is 7.67. The molecule has 0 radical (unpaired) electrons. The topological polar surface area (TPSA) is 50.4 Å². The molecule has 0 aromatic heterocycles. The molecule has 0 rings (SSSR count). The minimum atomic E-state index is -0.172. The molecule has 108 valence electrons. The van der Waals surface area contributed by atoms with Crippen molar-refractivity contribution in [2.75, 3.05) is 19.8 Å². The van der Waals surface area contributed by atoms with Crippen LogP contribution in [0.3, 0.4) is 0 Å². The van der Waals surface area contributed by atoms with E-state index in [2.05, 4.69) is 31.4 Å². The van der Waals surface area contributed by atoms with Gasteiger partial charge in [-0.05, 0) is 26.2 Å². The van der Waals surface area contributed by atoms with E-state index in [1.54, 1.807) is 0 Å². The second-order valence-electron chi connectivity index (χ2n) is 5.04. The summed E-state index contributed by atoms with van der Waals surface area (Å²) in [5.41, 5.74) is 0. The summed E-state index contributed by atoms with van der Waals surface area (Å²) < 4.78 is 5.44. The fraction of sp³-hybridized carbons (Fsp3) is 0.929. The molecule has 0 fully saturated rings. The number of hydrogen-bond donors (Lipinski definition) is 2. The zero-order chi connectivity index (χ0) is 14.0. The van der Waals surface area contributed by atoms with Crippen molar-refractivity contribution in [1.29, 1.82) is 0 Å². The zero-order valence-electron chi connectivity index (χ0n) is 12.6. The summed E-state index contributed by atoms with van der Waals surface area (Å²) in [5.74, 6) is 0.521. The predicted molar refractivity (Wildman–Crippen MR) is 75.6 cm³/mol. The second kappa shape index (κ2) is 10.3. The average molecular weight is 258 g/mol. The van der Waals surface area contributed by atoms with Crippen molar-refractivity contribution in [2.45, 2.75) is 59.5 Å². The quantitative estimate of drug-likeness (QED) is 0.589. The van der Waals surface area contributed by atoms with Crippen LogP contribution in [0.15, 0.2) is 0 Å². The van der Waals surface area contributed by atoms with E-state index >= 15 is 0 Å². The molecule has 4 heteroatoms. The van der Waals surface area contributed by atoms with E-state index < -0.39 is 0 Å². The van der Waals surface area contributed by atoms with Gasteiger partial charge >= 0.3 is 0 Å². The molecular weight excluding hydrogens is 228 g/mol. The van der Waals surface area contributed by atoms with Crippen molar-refractivity contribution in [3.05, 3.63) is 0 Å². The van der Waals surface area contributed by atoms with Crippen molar-refractivity contribution >= 4 is 5.91 Å². The lowest BCUT2D eigenvalue weighted by Crippen LogP contribution is -2.50. The van der Waals surface area contributed by atoms with Crippen LogP contribution in [0.5, 0.6) is 0 Å². The Bertz CT molecular complexity index is 220. The van der Waals surface area contributed by atoms with Gasteiger partial charge in [0.05, 0.1) is 12.6 Å². The molecule has 0 heterocycles. The Labute approximate surface area is 112 Å². The van der Waals surface area contributed by atoms with Crippen LogP contribution in [0, 0.1) is 5.92 Å². The Balaban J connectivity index is 4.06. The van der Waals surface area contributed by atoms with Gasteiger partial charge in [0.2, 0.25) is 5.91 Å². The van der Waals surface area contributed by atoms with Crippen LogP contribution in [0.25, 0.3) is 0 Å². The fourth-order valence-electron chi connectivity index (χ4n) is 1.62. The molecule has 2 atom stereocenters. The first-order valence-corrected chi connectivity index (χ1v) is 7.14. The first-order valence-electron chi connectivity index (χ1n) is 7.14. The van der Waals surface area contributed by atoms with Crippen LogP contribution in [0.4, 0.5) is 0 Å². The van der Waals surface area contributed by atoms with Crippen molar-refractivity contribution in [2.24, 2.45) is 5.92 Å². The average Bonchev–Trinajstić information content (AvgIpc) is 2.33. The normalized spacial score (nSPS) is 14.6. The molecule has 18 heavy (non-hydrogen) atoms. The number of unbranched alkanes of at least 4 members (excludes halogenated alkanes) is 1. The molecule has 2 unspecified atom stereocenters. The summed E-state index contributed by atoms with van der Waals surface area (Å²) in [6, 6.07) is 0.0478. The lowest BCUT2D eigenvalue weighted by molar-refractivity contribution is -0.123. The van der Waals surface area contributed by atoms with E-state index in [1.165, 1.54) is 0 Å². The van der Waals surface area contributed by atoms with E-state index in [1.807, 2.05) is 13.8 Å². The van der Waals surface area contributed by atoms with E-state index in [-0.39, 0.29) is 18.0 Å². The molecule has 0 saturated carbocycles. The standard InChI is InChI=1S/C14H30N2O2/c1-6-8-9-15-14(17)12(5)16-13(11(3)4)10-18-7-2/h11-13,16H,6-10H2,1-5H3,(H,15,17). The number of carbonyl (C=O) groups is 1. The number of amides is 1. The summed E-state index contributed by atoms with van der Waals surface area (Å²) in [5, 5.41) is 6.28. The lowest BCUT2D eigenvalue weighted by atomic mass is 10.0. The van der Waals surface area contributed by atoms with Gasteiger partial charge in [0.1, 0.15) is 0 Å². The predicted octanol–water partition coefficient (Wildman–Crippen LogP) is 1.94. The van der Waals surface area contributed by atoms with Crippen LogP contribution < -0.4 is 10.6 Å². The van der Waals surface area contributed by atoms with Gasteiger partial charge in [-0.2, -0.15) is 0 Å². The summed E-state index contributed by atoms with van der Waals surface area (Å²) in [6.45, 7) is 12.4. The Hall–Kier alpha value is -0.610. The highest BCUT2D eigenvalue weighted by Crippen LogP contribution is 2.04.